The minimum absolute atomic E-state index is 0.00727. The van der Waals surface area contributed by atoms with Gasteiger partial charge in [0.15, 0.2) is 9.84 Å². The highest BCUT2D eigenvalue weighted by atomic mass is 32.2. The van der Waals surface area contributed by atoms with Crippen LogP contribution in [0.3, 0.4) is 0 Å². The molecule has 1 aromatic heterocycles. The minimum Gasteiger partial charge on any atom is -0.508 e. The molecule has 18 heavy (non-hydrogen) atoms. The van der Waals surface area contributed by atoms with Crippen molar-refractivity contribution in [2.45, 2.75) is 25.6 Å². The predicted molar refractivity (Wildman–Crippen MR) is 72.5 cm³/mol. The molecular formula is C13H17NO3S. The zero-order valence-electron chi connectivity index (χ0n) is 10.7. The van der Waals surface area contributed by atoms with Crippen LogP contribution in [0.25, 0.3) is 10.9 Å². The van der Waals surface area contributed by atoms with Gasteiger partial charge in [-0.3, -0.25) is 0 Å². The van der Waals surface area contributed by atoms with Crippen LogP contribution in [0.5, 0.6) is 5.75 Å². The molecule has 0 saturated carbocycles. The quantitative estimate of drug-likeness (QED) is 0.929. The number of benzene rings is 1. The number of hydrogen-bond donors (Lipinski definition) is 1. The number of aromatic hydroxyl groups is 1. The smallest absolute Gasteiger partial charge is 0.151 e. The third-order valence-corrected chi connectivity index (χ3v) is 3.71. The highest BCUT2D eigenvalue weighted by Crippen LogP contribution is 2.28. The van der Waals surface area contributed by atoms with Crippen molar-refractivity contribution in [3.8, 4) is 5.75 Å². The van der Waals surface area contributed by atoms with E-state index in [0.717, 1.165) is 16.5 Å². The van der Waals surface area contributed by atoms with Crippen LogP contribution in [-0.4, -0.2) is 24.3 Å². The third kappa shape index (κ3) is 2.51. The number of phenols is 1. The van der Waals surface area contributed by atoms with E-state index in [9.17, 15) is 13.5 Å². The predicted octanol–water partition coefficient (Wildman–Crippen LogP) is 2.47. The first kappa shape index (κ1) is 13.0. The van der Waals surface area contributed by atoms with Crippen LogP contribution in [0.15, 0.2) is 24.4 Å². The number of fused-ring (bicyclic) bond motifs is 1. The lowest BCUT2D eigenvalue weighted by atomic mass is 10.2. The van der Waals surface area contributed by atoms with E-state index in [2.05, 4.69) is 0 Å². The molecular weight excluding hydrogens is 250 g/mol. The Labute approximate surface area is 107 Å². The van der Waals surface area contributed by atoms with Crippen LogP contribution in [0, 0.1) is 0 Å². The van der Waals surface area contributed by atoms with Crippen molar-refractivity contribution in [3.05, 3.63) is 30.0 Å². The summed E-state index contributed by atoms with van der Waals surface area (Å²) >= 11 is 0. The largest absolute Gasteiger partial charge is 0.508 e. The van der Waals surface area contributed by atoms with Crippen LogP contribution in [0.1, 0.15) is 25.5 Å². The lowest BCUT2D eigenvalue weighted by Gasteiger charge is -2.08. The molecule has 1 N–H and O–H groups in total. The van der Waals surface area contributed by atoms with Crippen molar-refractivity contribution in [2.75, 3.05) is 6.26 Å². The topological polar surface area (TPSA) is 59.3 Å². The van der Waals surface area contributed by atoms with Crippen LogP contribution in [0.4, 0.5) is 0 Å². The summed E-state index contributed by atoms with van der Waals surface area (Å²) < 4.78 is 24.9. The minimum atomic E-state index is -3.09. The molecule has 5 heteroatoms. The molecule has 4 nitrogen and oxygen atoms in total. The Bertz CT molecular complexity index is 684. The normalized spacial score (nSPS) is 12.4. The zero-order chi connectivity index (χ0) is 13.5. The molecule has 0 aliphatic rings. The molecule has 0 atom stereocenters. The fraction of sp³-hybridized carbons (Fsp3) is 0.385. The lowest BCUT2D eigenvalue weighted by molar-refractivity contribution is 0.476. The molecule has 0 spiro atoms. The Morgan fingerprint density at radius 1 is 1.33 bits per heavy atom. The molecule has 0 aliphatic carbocycles. The van der Waals surface area contributed by atoms with Gasteiger partial charge in [-0.2, -0.15) is 0 Å². The van der Waals surface area contributed by atoms with Crippen LogP contribution in [-0.2, 0) is 15.6 Å². The SMILES string of the molecule is CC(C)n1cc(CS(C)(=O)=O)c2cc(O)ccc21. The lowest BCUT2D eigenvalue weighted by Crippen LogP contribution is -2.01. The Kier molecular flexibility index (Phi) is 3.11. The summed E-state index contributed by atoms with van der Waals surface area (Å²) in [6.45, 7) is 4.08. The van der Waals surface area contributed by atoms with Gasteiger partial charge in [-0.15, -0.1) is 0 Å². The Balaban J connectivity index is 2.69. The van der Waals surface area contributed by atoms with E-state index in [1.165, 1.54) is 6.26 Å². The van der Waals surface area contributed by atoms with E-state index in [4.69, 9.17) is 0 Å². The summed E-state index contributed by atoms with van der Waals surface area (Å²) in [4.78, 5) is 0. The Hall–Kier alpha value is -1.49. The van der Waals surface area contributed by atoms with Gasteiger partial charge in [0.05, 0.1) is 5.75 Å². The third-order valence-electron chi connectivity index (χ3n) is 2.87. The molecule has 2 aromatic rings. The summed E-state index contributed by atoms with van der Waals surface area (Å²) in [5.41, 5.74) is 1.68. The van der Waals surface area contributed by atoms with Crippen LogP contribution in [0.2, 0.25) is 0 Å². The number of nitrogens with zero attached hydrogens (tertiary/aromatic N) is 1. The highest BCUT2D eigenvalue weighted by Gasteiger charge is 2.14. The van der Waals surface area contributed by atoms with Crippen molar-refractivity contribution in [2.24, 2.45) is 0 Å². The number of rotatable bonds is 3. The van der Waals surface area contributed by atoms with Gasteiger partial charge < -0.3 is 9.67 Å². The summed E-state index contributed by atoms with van der Waals surface area (Å²) in [6, 6.07) is 5.29. The second-order valence-electron chi connectivity index (χ2n) is 4.93. The van der Waals surface area contributed by atoms with Gasteiger partial charge in [-0.25, -0.2) is 8.42 Å². The molecule has 2 rings (SSSR count). The maximum atomic E-state index is 11.4. The summed E-state index contributed by atoms with van der Waals surface area (Å²) in [7, 11) is -3.09. The van der Waals surface area contributed by atoms with Gasteiger partial charge in [0.25, 0.3) is 0 Å². The molecule has 0 saturated heterocycles. The van der Waals surface area contributed by atoms with Gasteiger partial charge in [-0.05, 0) is 37.6 Å². The number of sulfone groups is 1. The van der Waals surface area contributed by atoms with E-state index in [-0.39, 0.29) is 17.5 Å². The molecule has 1 heterocycles. The van der Waals surface area contributed by atoms with Crippen LogP contribution >= 0.6 is 0 Å². The molecule has 1 aromatic carbocycles. The fourth-order valence-electron chi connectivity index (χ4n) is 2.14. The van der Waals surface area contributed by atoms with E-state index in [1.54, 1.807) is 12.1 Å². The standard InChI is InChI=1S/C13H17NO3S/c1-9(2)14-7-10(8-18(3,16)17)12-6-11(15)4-5-13(12)14/h4-7,9,15H,8H2,1-3H3. The van der Waals surface area contributed by atoms with Gasteiger partial charge in [0.1, 0.15) is 5.75 Å². The van der Waals surface area contributed by atoms with Gasteiger partial charge in [-0.1, -0.05) is 0 Å². The van der Waals surface area contributed by atoms with E-state index < -0.39 is 9.84 Å². The average molecular weight is 267 g/mol. The molecule has 0 unspecified atom stereocenters. The van der Waals surface area contributed by atoms with E-state index in [1.807, 2.05) is 30.7 Å². The van der Waals surface area contributed by atoms with Gasteiger partial charge in [0, 0.05) is 29.4 Å². The summed E-state index contributed by atoms with van der Waals surface area (Å²) in [5.74, 6) is 0.144. The van der Waals surface area contributed by atoms with E-state index in [0.29, 0.717) is 0 Å². The number of aromatic nitrogens is 1. The van der Waals surface area contributed by atoms with Crippen molar-refractivity contribution >= 4 is 20.7 Å². The van der Waals surface area contributed by atoms with Crippen LogP contribution < -0.4 is 0 Å². The maximum absolute atomic E-state index is 11.4. The Morgan fingerprint density at radius 2 is 2.00 bits per heavy atom. The summed E-state index contributed by atoms with van der Waals surface area (Å²) in [5, 5.41) is 10.3. The maximum Gasteiger partial charge on any atom is 0.151 e. The van der Waals surface area contributed by atoms with Crippen molar-refractivity contribution in [3.63, 3.8) is 0 Å². The van der Waals surface area contributed by atoms with Gasteiger partial charge >= 0.3 is 0 Å². The molecule has 0 fully saturated rings. The van der Waals surface area contributed by atoms with Crippen molar-refractivity contribution < 1.29 is 13.5 Å². The molecule has 0 radical (unpaired) electrons. The first-order chi connectivity index (χ1) is 8.28. The first-order valence-electron chi connectivity index (χ1n) is 5.78. The molecule has 0 bridgehead atoms. The second kappa shape index (κ2) is 4.31. The average Bonchev–Trinajstić information content (AvgIpc) is 2.54. The van der Waals surface area contributed by atoms with Crippen molar-refractivity contribution in [1.82, 2.24) is 4.57 Å². The highest BCUT2D eigenvalue weighted by molar-refractivity contribution is 7.89. The zero-order valence-corrected chi connectivity index (χ0v) is 11.5. The van der Waals surface area contributed by atoms with E-state index >= 15 is 0 Å². The molecule has 0 aliphatic heterocycles. The summed E-state index contributed by atoms with van der Waals surface area (Å²) in [6.07, 6.45) is 3.07. The van der Waals surface area contributed by atoms with Gasteiger partial charge in [0.2, 0.25) is 0 Å². The number of hydrogen-bond acceptors (Lipinski definition) is 3. The molecule has 0 amide bonds. The molecule has 98 valence electrons. The number of phenolic OH excluding ortho intramolecular Hbond substituents is 1. The fourth-order valence-corrected chi connectivity index (χ4v) is 2.93. The first-order valence-corrected chi connectivity index (χ1v) is 7.84. The van der Waals surface area contributed by atoms with Crippen molar-refractivity contribution in [1.29, 1.82) is 0 Å². The Morgan fingerprint density at radius 3 is 2.56 bits per heavy atom. The second-order valence-corrected chi connectivity index (χ2v) is 7.07. The monoisotopic (exact) mass is 267 g/mol.